The second kappa shape index (κ2) is 5.10. The van der Waals surface area contributed by atoms with Gasteiger partial charge in [-0.1, -0.05) is 11.6 Å². The molecule has 1 aliphatic carbocycles. The Morgan fingerprint density at radius 1 is 1.56 bits per heavy atom. The monoisotopic (exact) mass is 269 g/mol. The van der Waals surface area contributed by atoms with E-state index in [0.717, 1.165) is 6.54 Å². The molecule has 1 aromatic heterocycles. The minimum Gasteiger partial charge on any atom is -0.348 e. The van der Waals surface area contributed by atoms with Crippen LogP contribution in [0.5, 0.6) is 0 Å². The molecule has 1 saturated carbocycles. The van der Waals surface area contributed by atoms with E-state index in [9.17, 15) is 10.1 Å². The Labute approximate surface area is 111 Å². The maximum absolute atomic E-state index is 11.1. The Morgan fingerprint density at radius 3 is 2.72 bits per heavy atom. The number of nitrogens with zero attached hydrogens (tertiary/aromatic N) is 3. The Balaban J connectivity index is 2.37. The second-order valence-electron chi connectivity index (χ2n) is 4.92. The summed E-state index contributed by atoms with van der Waals surface area (Å²) in [6.45, 7) is 4.83. The maximum Gasteiger partial charge on any atom is 0.311 e. The summed E-state index contributed by atoms with van der Waals surface area (Å²) in [5.74, 6) is 1.02. The molecule has 6 heteroatoms. The molecule has 18 heavy (non-hydrogen) atoms. The molecule has 0 radical (unpaired) electrons. The zero-order chi connectivity index (χ0) is 13.3. The van der Waals surface area contributed by atoms with Gasteiger partial charge in [0.2, 0.25) is 5.82 Å². The van der Waals surface area contributed by atoms with Crippen LogP contribution in [0.3, 0.4) is 0 Å². The lowest BCUT2D eigenvalue weighted by atomic mass is 10.2. The van der Waals surface area contributed by atoms with E-state index in [1.54, 1.807) is 0 Å². The zero-order valence-electron chi connectivity index (χ0n) is 10.5. The largest absolute Gasteiger partial charge is 0.348 e. The molecule has 0 N–H and O–H groups in total. The first kappa shape index (κ1) is 13.1. The predicted octanol–water partition coefficient (Wildman–Crippen LogP) is 3.27. The molecular formula is C12H16ClN3O2. The predicted molar refractivity (Wildman–Crippen MR) is 71.1 cm³/mol. The first-order chi connectivity index (χ1) is 8.49. The van der Waals surface area contributed by atoms with E-state index in [1.165, 1.54) is 25.0 Å². The lowest BCUT2D eigenvalue weighted by Gasteiger charge is -2.27. The number of aromatic nitrogens is 1. The first-order valence-corrected chi connectivity index (χ1v) is 6.44. The normalized spacial score (nSPS) is 14.9. The molecule has 0 unspecified atom stereocenters. The van der Waals surface area contributed by atoms with Gasteiger partial charge in [0.25, 0.3) is 0 Å². The van der Waals surface area contributed by atoms with Crippen molar-refractivity contribution in [3.8, 4) is 0 Å². The Bertz CT molecular complexity index is 461. The van der Waals surface area contributed by atoms with E-state index in [2.05, 4.69) is 4.98 Å². The van der Waals surface area contributed by atoms with E-state index in [4.69, 9.17) is 11.6 Å². The van der Waals surface area contributed by atoms with Gasteiger partial charge in [0.15, 0.2) is 0 Å². The van der Waals surface area contributed by atoms with E-state index in [-0.39, 0.29) is 16.9 Å². The van der Waals surface area contributed by atoms with Crippen LogP contribution in [-0.4, -0.2) is 22.5 Å². The van der Waals surface area contributed by atoms with Gasteiger partial charge in [-0.15, -0.1) is 0 Å². The molecule has 0 aliphatic heterocycles. The lowest BCUT2D eigenvalue weighted by molar-refractivity contribution is -0.384. The van der Waals surface area contributed by atoms with E-state index < -0.39 is 4.92 Å². The summed E-state index contributed by atoms with van der Waals surface area (Å²) in [6, 6.07) is 3.04. The molecule has 1 heterocycles. The highest BCUT2D eigenvalue weighted by atomic mass is 35.5. The third kappa shape index (κ3) is 2.90. The van der Waals surface area contributed by atoms with E-state index >= 15 is 0 Å². The summed E-state index contributed by atoms with van der Waals surface area (Å²) in [5.41, 5.74) is 0.0220. The molecule has 1 aliphatic rings. The number of halogens is 1. The van der Waals surface area contributed by atoms with Crippen molar-refractivity contribution in [1.29, 1.82) is 0 Å². The van der Waals surface area contributed by atoms with Gasteiger partial charge >= 0.3 is 5.69 Å². The summed E-state index contributed by atoms with van der Waals surface area (Å²) in [7, 11) is 0. The van der Waals surface area contributed by atoms with Crippen LogP contribution in [0.4, 0.5) is 11.5 Å². The van der Waals surface area contributed by atoms with Crippen LogP contribution in [0.25, 0.3) is 0 Å². The van der Waals surface area contributed by atoms with Gasteiger partial charge in [-0.05, 0) is 38.7 Å². The number of hydrogen-bond acceptors (Lipinski definition) is 4. The van der Waals surface area contributed by atoms with E-state index in [0.29, 0.717) is 11.7 Å². The molecule has 2 rings (SSSR count). The topological polar surface area (TPSA) is 59.3 Å². The highest BCUT2D eigenvalue weighted by molar-refractivity contribution is 6.29. The molecule has 5 nitrogen and oxygen atoms in total. The number of rotatable bonds is 5. The van der Waals surface area contributed by atoms with Crippen LogP contribution in [-0.2, 0) is 0 Å². The van der Waals surface area contributed by atoms with Crippen molar-refractivity contribution in [2.24, 2.45) is 5.92 Å². The Kier molecular flexibility index (Phi) is 3.71. The average molecular weight is 270 g/mol. The standard InChI is InChI=1S/C12H16ClN3O2/c1-8(2)15(7-9-3-4-9)12-10(16(17)18)5-6-11(13)14-12/h5-6,8-9H,3-4,7H2,1-2H3. The molecule has 0 amide bonds. The fourth-order valence-corrected chi connectivity index (χ4v) is 2.04. The summed E-state index contributed by atoms with van der Waals surface area (Å²) >= 11 is 5.86. The molecular weight excluding hydrogens is 254 g/mol. The van der Waals surface area contributed by atoms with Crippen molar-refractivity contribution in [2.75, 3.05) is 11.4 Å². The van der Waals surface area contributed by atoms with Gasteiger partial charge in [0.05, 0.1) is 4.92 Å². The zero-order valence-corrected chi connectivity index (χ0v) is 11.2. The molecule has 1 fully saturated rings. The molecule has 98 valence electrons. The maximum atomic E-state index is 11.1. The highest BCUT2D eigenvalue weighted by Gasteiger charge is 2.30. The van der Waals surface area contributed by atoms with Crippen molar-refractivity contribution in [1.82, 2.24) is 4.98 Å². The van der Waals surface area contributed by atoms with Crippen LogP contribution in [0.15, 0.2) is 12.1 Å². The molecule has 0 aromatic carbocycles. The molecule has 1 aromatic rings. The van der Waals surface area contributed by atoms with Crippen molar-refractivity contribution in [3.63, 3.8) is 0 Å². The smallest absolute Gasteiger partial charge is 0.311 e. The van der Waals surface area contributed by atoms with Gasteiger partial charge in [0.1, 0.15) is 5.15 Å². The van der Waals surface area contributed by atoms with Crippen LogP contribution >= 0.6 is 11.6 Å². The first-order valence-electron chi connectivity index (χ1n) is 6.06. The number of hydrogen-bond donors (Lipinski definition) is 0. The molecule has 0 bridgehead atoms. The van der Waals surface area contributed by atoms with Crippen molar-refractivity contribution < 1.29 is 4.92 Å². The lowest BCUT2D eigenvalue weighted by Crippen LogP contribution is -2.34. The van der Waals surface area contributed by atoms with Crippen LogP contribution in [0, 0.1) is 16.0 Å². The Morgan fingerprint density at radius 2 is 2.22 bits per heavy atom. The van der Waals surface area contributed by atoms with Gasteiger partial charge in [-0.2, -0.15) is 0 Å². The minimum atomic E-state index is -0.402. The SMILES string of the molecule is CC(C)N(CC1CC1)c1nc(Cl)ccc1[N+](=O)[O-]. The summed E-state index contributed by atoms with van der Waals surface area (Å²) in [4.78, 5) is 16.8. The van der Waals surface area contributed by atoms with Crippen molar-refractivity contribution in [3.05, 3.63) is 27.4 Å². The Hall–Kier alpha value is -1.36. The summed E-state index contributed by atoms with van der Waals surface area (Å²) in [5, 5.41) is 11.3. The summed E-state index contributed by atoms with van der Waals surface area (Å²) < 4.78 is 0. The van der Waals surface area contributed by atoms with Crippen LogP contribution < -0.4 is 4.90 Å². The fourth-order valence-electron chi connectivity index (χ4n) is 1.89. The number of nitro groups is 1. The molecule has 0 saturated heterocycles. The van der Waals surface area contributed by atoms with Gasteiger partial charge in [0, 0.05) is 18.7 Å². The van der Waals surface area contributed by atoms with E-state index in [1.807, 2.05) is 18.7 Å². The van der Waals surface area contributed by atoms with Crippen LogP contribution in [0.2, 0.25) is 5.15 Å². The third-order valence-corrected chi connectivity index (χ3v) is 3.27. The quantitative estimate of drug-likeness (QED) is 0.468. The van der Waals surface area contributed by atoms with Gasteiger partial charge in [-0.3, -0.25) is 10.1 Å². The van der Waals surface area contributed by atoms with Gasteiger partial charge in [-0.25, -0.2) is 4.98 Å². The molecule has 0 spiro atoms. The second-order valence-corrected chi connectivity index (χ2v) is 5.31. The van der Waals surface area contributed by atoms with Crippen molar-refractivity contribution in [2.45, 2.75) is 32.7 Å². The molecule has 0 atom stereocenters. The number of pyridine rings is 1. The van der Waals surface area contributed by atoms with Gasteiger partial charge < -0.3 is 4.90 Å². The van der Waals surface area contributed by atoms with Crippen molar-refractivity contribution >= 4 is 23.1 Å². The highest BCUT2D eigenvalue weighted by Crippen LogP contribution is 2.35. The fraction of sp³-hybridized carbons (Fsp3) is 0.583. The van der Waals surface area contributed by atoms with Crippen LogP contribution in [0.1, 0.15) is 26.7 Å². The third-order valence-electron chi connectivity index (χ3n) is 3.06. The average Bonchev–Trinajstić information content (AvgIpc) is 3.08. The summed E-state index contributed by atoms with van der Waals surface area (Å²) in [6.07, 6.45) is 2.38. The number of anilines is 1. The minimum absolute atomic E-state index is 0.0220.